The fourth-order valence-corrected chi connectivity index (χ4v) is 4.28. The molecule has 1 saturated heterocycles. The normalized spacial score (nSPS) is 19.7. The number of carbonyl (C=O) groups is 2. The van der Waals surface area contributed by atoms with Gasteiger partial charge in [0.05, 0.1) is 5.56 Å². The van der Waals surface area contributed by atoms with Crippen LogP contribution in [-0.4, -0.2) is 47.4 Å². The summed E-state index contributed by atoms with van der Waals surface area (Å²) >= 11 is 0. The first-order valence-electron chi connectivity index (χ1n) is 11.4. The van der Waals surface area contributed by atoms with Crippen LogP contribution >= 0.6 is 0 Å². The van der Waals surface area contributed by atoms with Gasteiger partial charge in [0.2, 0.25) is 5.88 Å². The maximum atomic E-state index is 12.6. The number of nitrogens with one attached hydrogen (secondary N) is 2. The minimum atomic E-state index is -0.368. The van der Waals surface area contributed by atoms with E-state index in [-0.39, 0.29) is 23.5 Å². The first-order chi connectivity index (χ1) is 15.6. The standard InChI is InChI=1S/C25H30N4O3/c1-2-20-11-6-7-13-29(20)14-8-12-26-23(30)19-16-21-25(27-17-19)32-22(24(31)28-21)15-18-9-4-3-5-10-18/h3-5,9-10,15-17,20H,2,6-8,11-14H2,1H3,(H,26,30)(H,28,31). The van der Waals surface area contributed by atoms with Crippen LogP contribution in [0.15, 0.2) is 48.4 Å². The van der Waals surface area contributed by atoms with E-state index in [1.165, 1.54) is 31.9 Å². The summed E-state index contributed by atoms with van der Waals surface area (Å²) in [5.41, 5.74) is 1.64. The highest BCUT2D eigenvalue weighted by Gasteiger charge is 2.24. The Morgan fingerprint density at radius 2 is 2.16 bits per heavy atom. The summed E-state index contributed by atoms with van der Waals surface area (Å²) < 4.78 is 5.67. The number of nitrogens with zero attached hydrogens (tertiary/aromatic N) is 2. The highest BCUT2D eigenvalue weighted by atomic mass is 16.5. The monoisotopic (exact) mass is 434 g/mol. The lowest BCUT2D eigenvalue weighted by Crippen LogP contribution is -2.40. The molecule has 1 aromatic carbocycles. The van der Waals surface area contributed by atoms with E-state index < -0.39 is 0 Å². The van der Waals surface area contributed by atoms with Gasteiger partial charge >= 0.3 is 0 Å². The molecule has 32 heavy (non-hydrogen) atoms. The number of amides is 2. The number of hydrogen-bond acceptors (Lipinski definition) is 5. The zero-order chi connectivity index (χ0) is 22.3. The molecule has 168 valence electrons. The number of likely N-dealkylation sites (tertiary alicyclic amines) is 1. The molecular formula is C25H30N4O3. The van der Waals surface area contributed by atoms with Gasteiger partial charge in [-0.1, -0.05) is 43.7 Å². The maximum Gasteiger partial charge on any atom is 0.291 e. The third kappa shape index (κ3) is 5.34. The number of ether oxygens (including phenoxy) is 1. The van der Waals surface area contributed by atoms with Crippen molar-refractivity contribution in [3.05, 3.63) is 59.5 Å². The summed E-state index contributed by atoms with van der Waals surface area (Å²) in [5, 5.41) is 5.73. The number of carbonyl (C=O) groups excluding carboxylic acids is 2. The third-order valence-corrected chi connectivity index (χ3v) is 6.02. The Hall–Kier alpha value is -3.19. The smallest absolute Gasteiger partial charge is 0.291 e. The van der Waals surface area contributed by atoms with Crippen molar-refractivity contribution in [2.75, 3.05) is 25.0 Å². The van der Waals surface area contributed by atoms with Gasteiger partial charge in [-0.05, 0) is 49.9 Å². The summed E-state index contributed by atoms with van der Waals surface area (Å²) in [5.74, 6) is -0.130. The van der Waals surface area contributed by atoms with E-state index in [9.17, 15) is 9.59 Å². The predicted octanol–water partition coefficient (Wildman–Crippen LogP) is 3.84. The second kappa shape index (κ2) is 10.4. The number of benzene rings is 1. The van der Waals surface area contributed by atoms with E-state index in [0.29, 0.717) is 23.8 Å². The minimum absolute atomic E-state index is 0.163. The highest BCUT2D eigenvalue weighted by molar-refractivity contribution is 6.08. The average molecular weight is 435 g/mol. The summed E-state index contributed by atoms with van der Waals surface area (Å²) in [6.07, 6.45) is 9.09. The van der Waals surface area contributed by atoms with Crippen LogP contribution in [0.5, 0.6) is 5.88 Å². The van der Waals surface area contributed by atoms with Crippen LogP contribution in [0.2, 0.25) is 0 Å². The number of piperidine rings is 1. The van der Waals surface area contributed by atoms with Crippen LogP contribution in [-0.2, 0) is 4.79 Å². The molecule has 0 spiro atoms. The molecule has 0 bridgehead atoms. The SMILES string of the molecule is CCC1CCCCN1CCCNC(=O)c1cnc2c(c1)NC(=O)C(=Cc1ccccc1)O2. The van der Waals surface area contributed by atoms with E-state index in [1.54, 1.807) is 12.1 Å². The molecule has 0 saturated carbocycles. The molecule has 2 amide bonds. The first-order valence-corrected chi connectivity index (χ1v) is 11.4. The van der Waals surface area contributed by atoms with E-state index in [4.69, 9.17) is 4.74 Å². The minimum Gasteiger partial charge on any atom is -0.431 e. The molecule has 0 aliphatic carbocycles. The number of rotatable bonds is 7. The molecular weight excluding hydrogens is 404 g/mol. The molecule has 2 aliphatic rings. The second-order valence-electron chi connectivity index (χ2n) is 8.26. The fraction of sp³-hybridized carbons (Fsp3) is 0.400. The summed E-state index contributed by atoms with van der Waals surface area (Å²) in [6.45, 7) is 5.01. The van der Waals surface area contributed by atoms with Gasteiger partial charge < -0.3 is 20.3 Å². The molecule has 4 rings (SSSR count). The van der Waals surface area contributed by atoms with Gasteiger partial charge in [-0.25, -0.2) is 4.98 Å². The average Bonchev–Trinajstić information content (AvgIpc) is 2.82. The largest absolute Gasteiger partial charge is 0.431 e. The molecule has 1 atom stereocenters. The van der Waals surface area contributed by atoms with Crippen molar-refractivity contribution in [2.24, 2.45) is 0 Å². The molecule has 1 aromatic heterocycles. The van der Waals surface area contributed by atoms with Crippen LogP contribution in [0.3, 0.4) is 0 Å². The molecule has 1 unspecified atom stereocenters. The van der Waals surface area contributed by atoms with Crippen molar-refractivity contribution in [2.45, 2.75) is 45.1 Å². The van der Waals surface area contributed by atoms with Crippen LogP contribution in [0.1, 0.15) is 54.9 Å². The fourth-order valence-electron chi connectivity index (χ4n) is 4.28. The Morgan fingerprint density at radius 1 is 1.31 bits per heavy atom. The predicted molar refractivity (Wildman–Crippen MR) is 124 cm³/mol. The van der Waals surface area contributed by atoms with Crippen molar-refractivity contribution in [3.63, 3.8) is 0 Å². The summed E-state index contributed by atoms with van der Waals surface area (Å²) in [4.78, 5) is 31.8. The number of fused-ring (bicyclic) bond motifs is 1. The molecule has 2 aromatic rings. The summed E-state index contributed by atoms with van der Waals surface area (Å²) in [6, 6.07) is 11.7. The Balaban J connectivity index is 1.32. The van der Waals surface area contributed by atoms with E-state index in [2.05, 4.69) is 27.4 Å². The Bertz CT molecular complexity index is 990. The quantitative estimate of drug-likeness (QED) is 0.511. The zero-order valence-electron chi connectivity index (χ0n) is 18.5. The third-order valence-electron chi connectivity index (χ3n) is 6.02. The first kappa shape index (κ1) is 22.0. The van der Waals surface area contributed by atoms with E-state index in [1.807, 2.05) is 30.3 Å². The van der Waals surface area contributed by atoms with Crippen molar-refractivity contribution in [1.29, 1.82) is 0 Å². The molecule has 2 N–H and O–H groups in total. The molecule has 7 nitrogen and oxygen atoms in total. The van der Waals surface area contributed by atoms with Gasteiger partial charge in [0.15, 0.2) is 5.76 Å². The number of aromatic nitrogens is 1. The Morgan fingerprint density at radius 3 is 2.97 bits per heavy atom. The van der Waals surface area contributed by atoms with Crippen LogP contribution < -0.4 is 15.4 Å². The summed E-state index contributed by atoms with van der Waals surface area (Å²) in [7, 11) is 0. The molecule has 3 heterocycles. The Labute approximate surface area is 188 Å². The maximum absolute atomic E-state index is 12.6. The van der Waals surface area contributed by atoms with Gasteiger partial charge in [0, 0.05) is 25.3 Å². The highest BCUT2D eigenvalue weighted by Crippen LogP contribution is 2.30. The van der Waals surface area contributed by atoms with Crippen molar-refractivity contribution in [1.82, 2.24) is 15.2 Å². The Kier molecular flexibility index (Phi) is 7.17. The number of anilines is 1. The van der Waals surface area contributed by atoms with Crippen LogP contribution in [0.4, 0.5) is 5.69 Å². The number of pyridine rings is 1. The molecule has 0 radical (unpaired) electrons. The number of hydrogen-bond donors (Lipinski definition) is 2. The van der Waals surface area contributed by atoms with Crippen LogP contribution in [0.25, 0.3) is 6.08 Å². The van der Waals surface area contributed by atoms with Crippen molar-refractivity contribution in [3.8, 4) is 5.88 Å². The van der Waals surface area contributed by atoms with Gasteiger partial charge in [-0.15, -0.1) is 0 Å². The lowest BCUT2D eigenvalue weighted by Gasteiger charge is -2.35. The van der Waals surface area contributed by atoms with E-state index in [0.717, 1.165) is 25.1 Å². The van der Waals surface area contributed by atoms with Gasteiger partial charge in [0.25, 0.3) is 11.8 Å². The molecule has 1 fully saturated rings. The topological polar surface area (TPSA) is 83.6 Å². The van der Waals surface area contributed by atoms with E-state index >= 15 is 0 Å². The van der Waals surface area contributed by atoms with Crippen molar-refractivity contribution < 1.29 is 14.3 Å². The van der Waals surface area contributed by atoms with Gasteiger partial charge in [-0.2, -0.15) is 0 Å². The molecule has 7 heteroatoms. The van der Waals surface area contributed by atoms with Crippen molar-refractivity contribution >= 4 is 23.6 Å². The lowest BCUT2D eigenvalue weighted by atomic mass is 10.00. The molecule has 2 aliphatic heterocycles. The van der Waals surface area contributed by atoms with Gasteiger partial charge in [0.1, 0.15) is 5.69 Å². The second-order valence-corrected chi connectivity index (χ2v) is 8.26. The van der Waals surface area contributed by atoms with Crippen LogP contribution in [0, 0.1) is 0 Å². The zero-order valence-corrected chi connectivity index (χ0v) is 18.5. The lowest BCUT2D eigenvalue weighted by molar-refractivity contribution is -0.115. The van der Waals surface area contributed by atoms with Gasteiger partial charge in [-0.3, -0.25) is 9.59 Å².